The van der Waals surface area contributed by atoms with Crippen molar-refractivity contribution in [3.8, 4) is 0 Å². The topological polar surface area (TPSA) is 83.6 Å². The molecule has 0 bridgehead atoms. The van der Waals surface area contributed by atoms with Crippen molar-refractivity contribution in [3.63, 3.8) is 0 Å². The largest absolute Gasteiger partial charge is 0.481 e. The maximum Gasteiger partial charge on any atom is 0.303 e. The summed E-state index contributed by atoms with van der Waals surface area (Å²) in [5.74, 6) is -0.759. The lowest BCUT2D eigenvalue weighted by atomic mass is 10.1. The molecule has 5 heteroatoms. The smallest absolute Gasteiger partial charge is 0.303 e. The zero-order chi connectivity index (χ0) is 12.7. The Kier molecular flexibility index (Phi) is 6.72. The molecule has 0 rings (SSSR count). The molecule has 1 atom stereocenters. The lowest BCUT2D eigenvalue weighted by molar-refractivity contribution is -0.137. The first-order chi connectivity index (χ1) is 7.32. The van der Waals surface area contributed by atoms with Gasteiger partial charge in [-0.15, -0.1) is 0 Å². The second-order valence-corrected chi connectivity index (χ2v) is 4.57. The molecule has 0 saturated carbocycles. The van der Waals surface area contributed by atoms with Gasteiger partial charge in [0.25, 0.3) is 0 Å². The summed E-state index contributed by atoms with van der Waals surface area (Å²) in [6, 6.07) is 0.0611. The van der Waals surface area contributed by atoms with Crippen molar-refractivity contribution >= 4 is 11.9 Å². The van der Waals surface area contributed by atoms with Gasteiger partial charge in [-0.3, -0.25) is 14.5 Å². The molecule has 0 aliphatic heterocycles. The first-order valence-corrected chi connectivity index (χ1v) is 5.57. The highest BCUT2D eigenvalue weighted by Crippen LogP contribution is 2.09. The van der Waals surface area contributed by atoms with Crippen LogP contribution in [-0.4, -0.2) is 41.0 Å². The lowest BCUT2D eigenvalue weighted by Crippen LogP contribution is -2.42. The summed E-state index contributed by atoms with van der Waals surface area (Å²) >= 11 is 0. The van der Waals surface area contributed by atoms with Crippen LogP contribution >= 0.6 is 0 Å². The quantitative estimate of drug-likeness (QED) is 0.642. The van der Waals surface area contributed by atoms with Crippen LogP contribution in [0.1, 0.15) is 33.6 Å². The van der Waals surface area contributed by atoms with E-state index >= 15 is 0 Å². The summed E-state index contributed by atoms with van der Waals surface area (Å²) in [6.45, 7) is 6.98. The fourth-order valence-electron chi connectivity index (χ4n) is 1.58. The molecular weight excluding hydrogens is 208 g/mol. The number of amides is 1. The van der Waals surface area contributed by atoms with Crippen molar-refractivity contribution < 1.29 is 14.7 Å². The summed E-state index contributed by atoms with van der Waals surface area (Å²) in [7, 11) is 0. The van der Waals surface area contributed by atoms with Gasteiger partial charge in [0, 0.05) is 19.0 Å². The number of nitrogens with zero attached hydrogens (tertiary/aromatic N) is 1. The van der Waals surface area contributed by atoms with Crippen LogP contribution in [-0.2, 0) is 9.59 Å². The van der Waals surface area contributed by atoms with Crippen molar-refractivity contribution in [2.45, 2.75) is 39.7 Å². The van der Waals surface area contributed by atoms with Crippen molar-refractivity contribution in [2.24, 2.45) is 11.7 Å². The minimum Gasteiger partial charge on any atom is -0.481 e. The van der Waals surface area contributed by atoms with Gasteiger partial charge in [0.2, 0.25) is 5.91 Å². The first-order valence-electron chi connectivity index (χ1n) is 5.57. The van der Waals surface area contributed by atoms with Crippen LogP contribution in [0.2, 0.25) is 0 Å². The molecule has 0 radical (unpaired) electrons. The van der Waals surface area contributed by atoms with E-state index in [9.17, 15) is 9.59 Å². The summed E-state index contributed by atoms with van der Waals surface area (Å²) in [5.41, 5.74) is 5.17. The van der Waals surface area contributed by atoms with Crippen LogP contribution in [0.25, 0.3) is 0 Å². The Balaban J connectivity index is 4.24. The Labute approximate surface area is 96.6 Å². The highest BCUT2D eigenvalue weighted by atomic mass is 16.4. The number of carboxylic acids is 1. The number of carboxylic acid groups (broad SMARTS) is 1. The molecule has 5 nitrogen and oxygen atoms in total. The highest BCUT2D eigenvalue weighted by Gasteiger charge is 2.17. The van der Waals surface area contributed by atoms with Crippen LogP contribution in [0.5, 0.6) is 0 Å². The second kappa shape index (κ2) is 7.22. The van der Waals surface area contributed by atoms with Crippen LogP contribution < -0.4 is 5.73 Å². The van der Waals surface area contributed by atoms with Gasteiger partial charge < -0.3 is 10.8 Å². The minimum absolute atomic E-state index is 0.0611. The summed E-state index contributed by atoms with van der Waals surface area (Å²) in [5, 5.41) is 8.60. The van der Waals surface area contributed by atoms with Gasteiger partial charge in [-0.2, -0.15) is 0 Å². The molecule has 1 unspecified atom stereocenters. The van der Waals surface area contributed by atoms with E-state index in [-0.39, 0.29) is 24.9 Å². The van der Waals surface area contributed by atoms with Crippen LogP contribution in [0.4, 0.5) is 0 Å². The molecule has 0 spiro atoms. The molecule has 0 saturated heterocycles. The van der Waals surface area contributed by atoms with E-state index < -0.39 is 5.97 Å². The molecule has 0 aromatic rings. The van der Waals surface area contributed by atoms with E-state index in [1.54, 1.807) is 0 Å². The Morgan fingerprint density at radius 2 is 1.88 bits per heavy atom. The molecule has 16 heavy (non-hydrogen) atoms. The zero-order valence-electron chi connectivity index (χ0n) is 10.3. The molecule has 94 valence electrons. The second-order valence-electron chi connectivity index (χ2n) is 4.57. The fourth-order valence-corrected chi connectivity index (χ4v) is 1.58. The molecule has 0 aromatic carbocycles. The molecule has 0 aliphatic rings. The third kappa shape index (κ3) is 7.23. The number of nitrogens with two attached hydrogens (primary N) is 1. The predicted molar refractivity (Wildman–Crippen MR) is 61.9 cm³/mol. The molecule has 1 amide bonds. The van der Waals surface area contributed by atoms with Gasteiger partial charge in [-0.05, 0) is 19.3 Å². The van der Waals surface area contributed by atoms with E-state index in [1.807, 2.05) is 11.8 Å². The van der Waals surface area contributed by atoms with E-state index in [0.29, 0.717) is 12.3 Å². The van der Waals surface area contributed by atoms with Crippen molar-refractivity contribution in [1.29, 1.82) is 0 Å². The fraction of sp³-hybridized carbons (Fsp3) is 0.818. The molecule has 0 aromatic heterocycles. The van der Waals surface area contributed by atoms with E-state index in [4.69, 9.17) is 10.8 Å². The van der Waals surface area contributed by atoms with Gasteiger partial charge in [0.15, 0.2) is 0 Å². The third-order valence-electron chi connectivity index (χ3n) is 2.36. The maximum atomic E-state index is 10.9. The van der Waals surface area contributed by atoms with Gasteiger partial charge in [0.05, 0.1) is 6.54 Å². The number of carbonyl (C=O) groups is 2. The molecule has 0 aliphatic carbocycles. The lowest BCUT2D eigenvalue weighted by Gasteiger charge is -2.29. The van der Waals surface area contributed by atoms with Crippen LogP contribution in [0.3, 0.4) is 0 Å². The Bertz CT molecular complexity index is 241. The summed E-state index contributed by atoms with van der Waals surface area (Å²) in [6.07, 6.45) is 0.657. The minimum atomic E-state index is -0.810. The van der Waals surface area contributed by atoms with Crippen molar-refractivity contribution in [1.82, 2.24) is 4.90 Å². The molecule has 0 fully saturated rings. The third-order valence-corrected chi connectivity index (χ3v) is 2.36. The number of carbonyl (C=O) groups excluding carboxylic acids is 1. The average molecular weight is 230 g/mol. The first kappa shape index (κ1) is 14.9. The van der Waals surface area contributed by atoms with Crippen molar-refractivity contribution in [3.05, 3.63) is 0 Å². The number of hydrogen-bond acceptors (Lipinski definition) is 3. The van der Waals surface area contributed by atoms with Gasteiger partial charge in [0.1, 0.15) is 0 Å². The van der Waals surface area contributed by atoms with Crippen LogP contribution in [0.15, 0.2) is 0 Å². The molecule has 0 heterocycles. The monoisotopic (exact) mass is 230 g/mol. The van der Waals surface area contributed by atoms with Crippen molar-refractivity contribution in [2.75, 3.05) is 13.1 Å². The standard InChI is InChI=1S/C11H22N2O3/c1-8(2)6-13(7-10(12)14)9(3)4-5-11(15)16/h8-9H,4-7H2,1-3H3,(H2,12,14)(H,15,16). The number of hydrogen-bond donors (Lipinski definition) is 2. The van der Waals surface area contributed by atoms with Crippen LogP contribution in [0, 0.1) is 5.92 Å². The highest BCUT2D eigenvalue weighted by molar-refractivity contribution is 5.76. The average Bonchev–Trinajstić information content (AvgIpc) is 2.11. The van der Waals surface area contributed by atoms with Gasteiger partial charge in [-0.25, -0.2) is 0 Å². The maximum absolute atomic E-state index is 10.9. The number of rotatable bonds is 8. The summed E-state index contributed by atoms with van der Waals surface area (Å²) < 4.78 is 0. The van der Waals surface area contributed by atoms with E-state index in [1.165, 1.54) is 0 Å². The van der Waals surface area contributed by atoms with E-state index in [2.05, 4.69) is 13.8 Å². The SMILES string of the molecule is CC(C)CN(CC(N)=O)C(C)CCC(=O)O. The summed E-state index contributed by atoms with van der Waals surface area (Å²) in [4.78, 5) is 23.3. The van der Waals surface area contributed by atoms with Gasteiger partial charge in [-0.1, -0.05) is 13.8 Å². The Morgan fingerprint density at radius 1 is 1.31 bits per heavy atom. The predicted octanol–water partition coefficient (Wildman–Crippen LogP) is 0.683. The number of primary amides is 1. The van der Waals surface area contributed by atoms with Gasteiger partial charge >= 0.3 is 5.97 Å². The molecular formula is C11H22N2O3. The normalized spacial score (nSPS) is 13.1. The Hall–Kier alpha value is -1.10. The number of aliphatic carboxylic acids is 1. The molecule has 3 N–H and O–H groups in total. The zero-order valence-corrected chi connectivity index (χ0v) is 10.3. The Morgan fingerprint density at radius 3 is 2.25 bits per heavy atom. The van der Waals surface area contributed by atoms with E-state index in [0.717, 1.165) is 6.54 Å².